The van der Waals surface area contributed by atoms with Crippen molar-refractivity contribution < 1.29 is 0 Å². The van der Waals surface area contributed by atoms with E-state index in [1.165, 1.54) is 22.5 Å². The number of fused-ring (bicyclic) bond motifs is 1. The van der Waals surface area contributed by atoms with Crippen LogP contribution in [0.2, 0.25) is 0 Å². The van der Waals surface area contributed by atoms with Crippen LogP contribution in [0.3, 0.4) is 0 Å². The second kappa shape index (κ2) is 4.00. The summed E-state index contributed by atoms with van der Waals surface area (Å²) >= 11 is 0. The van der Waals surface area contributed by atoms with Gasteiger partial charge in [-0.1, -0.05) is 17.7 Å². The summed E-state index contributed by atoms with van der Waals surface area (Å²) in [6.45, 7) is 6.20. The van der Waals surface area contributed by atoms with E-state index in [0.717, 1.165) is 25.2 Å². The highest BCUT2D eigenvalue weighted by molar-refractivity contribution is 5.39. The third-order valence-corrected chi connectivity index (χ3v) is 3.41. The van der Waals surface area contributed by atoms with E-state index in [2.05, 4.69) is 53.2 Å². The number of nitrogens with zero attached hydrogens (tertiary/aromatic N) is 2. The van der Waals surface area contributed by atoms with Gasteiger partial charge in [-0.3, -0.25) is 0 Å². The summed E-state index contributed by atoms with van der Waals surface area (Å²) in [4.78, 5) is 0. The highest BCUT2D eigenvalue weighted by Crippen LogP contribution is 2.21. The van der Waals surface area contributed by atoms with Crippen LogP contribution in [0.1, 0.15) is 22.5 Å². The number of aryl methyl sites for hydroxylation is 2. The Morgan fingerprint density at radius 3 is 2.71 bits per heavy atom. The molecule has 88 valence electrons. The molecule has 0 radical (unpaired) electrons. The van der Waals surface area contributed by atoms with Crippen molar-refractivity contribution in [3.8, 4) is 5.69 Å². The average molecular weight is 227 g/mol. The van der Waals surface area contributed by atoms with Crippen LogP contribution in [0.15, 0.2) is 24.3 Å². The van der Waals surface area contributed by atoms with Gasteiger partial charge in [0.2, 0.25) is 0 Å². The van der Waals surface area contributed by atoms with E-state index in [1.807, 2.05) is 0 Å². The van der Waals surface area contributed by atoms with E-state index < -0.39 is 0 Å². The normalized spacial score (nSPS) is 14.7. The minimum Gasteiger partial charge on any atom is -0.311 e. The van der Waals surface area contributed by atoms with Gasteiger partial charge in [0.15, 0.2) is 0 Å². The molecule has 2 aromatic rings. The van der Waals surface area contributed by atoms with Gasteiger partial charge in [-0.25, -0.2) is 4.68 Å². The van der Waals surface area contributed by atoms with Gasteiger partial charge in [0.25, 0.3) is 0 Å². The van der Waals surface area contributed by atoms with Gasteiger partial charge in [-0.2, -0.15) is 5.10 Å². The molecule has 0 amide bonds. The Labute approximate surface area is 101 Å². The van der Waals surface area contributed by atoms with Gasteiger partial charge < -0.3 is 5.32 Å². The lowest BCUT2D eigenvalue weighted by Gasteiger charge is -2.15. The fourth-order valence-corrected chi connectivity index (χ4v) is 2.43. The summed E-state index contributed by atoms with van der Waals surface area (Å²) in [5.41, 5.74) is 6.34. The Morgan fingerprint density at radius 2 is 1.94 bits per heavy atom. The molecule has 0 saturated carbocycles. The number of nitrogens with one attached hydrogen (secondary N) is 1. The van der Waals surface area contributed by atoms with Gasteiger partial charge in [0, 0.05) is 6.54 Å². The molecule has 17 heavy (non-hydrogen) atoms. The zero-order valence-electron chi connectivity index (χ0n) is 10.3. The molecule has 3 nitrogen and oxygen atoms in total. The molecule has 0 bridgehead atoms. The highest BCUT2D eigenvalue weighted by atomic mass is 15.3. The molecule has 1 aromatic carbocycles. The lowest BCUT2D eigenvalue weighted by molar-refractivity contribution is 0.614. The molecular formula is C14H17N3. The number of hydrogen-bond donors (Lipinski definition) is 1. The zero-order valence-corrected chi connectivity index (χ0v) is 10.3. The molecule has 3 heteroatoms. The topological polar surface area (TPSA) is 29.9 Å². The largest absolute Gasteiger partial charge is 0.311 e. The van der Waals surface area contributed by atoms with Crippen molar-refractivity contribution in [3.63, 3.8) is 0 Å². The molecule has 0 spiro atoms. The molecule has 0 fully saturated rings. The van der Waals surface area contributed by atoms with Crippen molar-refractivity contribution in [1.82, 2.24) is 15.1 Å². The molecule has 1 aliphatic rings. The lowest BCUT2D eigenvalue weighted by atomic mass is 10.1. The predicted molar refractivity (Wildman–Crippen MR) is 68.4 cm³/mol. The Balaban J connectivity index is 2.11. The van der Waals surface area contributed by atoms with Crippen LogP contribution in [0.25, 0.3) is 5.69 Å². The summed E-state index contributed by atoms with van der Waals surface area (Å²) < 4.78 is 2.08. The molecule has 0 saturated heterocycles. The molecule has 0 atom stereocenters. The minimum absolute atomic E-state index is 0.921. The second-order valence-corrected chi connectivity index (χ2v) is 4.68. The maximum Gasteiger partial charge on any atom is 0.0649 e. The predicted octanol–water partition coefficient (Wildman–Crippen LogP) is 2.13. The first-order chi connectivity index (χ1) is 8.25. The maximum absolute atomic E-state index is 4.67. The summed E-state index contributed by atoms with van der Waals surface area (Å²) in [5, 5.41) is 8.08. The summed E-state index contributed by atoms with van der Waals surface area (Å²) in [6, 6.07) is 8.54. The molecule has 2 heterocycles. The van der Waals surface area contributed by atoms with Gasteiger partial charge in [-0.05, 0) is 44.5 Å². The van der Waals surface area contributed by atoms with Crippen LogP contribution in [-0.4, -0.2) is 16.3 Å². The standard InChI is InChI=1S/C14H17N3/c1-10-3-5-12(6-4-10)17-14-9-15-8-7-13(14)11(2)16-17/h3-6,15H,7-9H2,1-2H3. The molecular weight excluding hydrogens is 210 g/mol. The van der Waals surface area contributed by atoms with Crippen LogP contribution in [0.5, 0.6) is 0 Å². The smallest absolute Gasteiger partial charge is 0.0649 e. The third kappa shape index (κ3) is 1.76. The number of hydrogen-bond acceptors (Lipinski definition) is 2. The summed E-state index contributed by atoms with van der Waals surface area (Å²) in [7, 11) is 0. The molecule has 3 rings (SSSR count). The van der Waals surface area contributed by atoms with E-state index >= 15 is 0 Å². The number of rotatable bonds is 1. The zero-order chi connectivity index (χ0) is 11.8. The molecule has 0 unspecified atom stereocenters. The molecule has 0 aliphatic carbocycles. The van der Waals surface area contributed by atoms with Crippen molar-refractivity contribution in [2.75, 3.05) is 6.54 Å². The van der Waals surface area contributed by atoms with E-state index in [9.17, 15) is 0 Å². The fraction of sp³-hybridized carbons (Fsp3) is 0.357. The van der Waals surface area contributed by atoms with Crippen molar-refractivity contribution in [2.45, 2.75) is 26.8 Å². The fourth-order valence-electron chi connectivity index (χ4n) is 2.43. The minimum atomic E-state index is 0.921. The van der Waals surface area contributed by atoms with Gasteiger partial charge in [-0.15, -0.1) is 0 Å². The first-order valence-electron chi connectivity index (χ1n) is 6.11. The highest BCUT2D eigenvalue weighted by Gasteiger charge is 2.18. The quantitative estimate of drug-likeness (QED) is 0.809. The lowest BCUT2D eigenvalue weighted by Crippen LogP contribution is -2.25. The molecule has 1 aliphatic heterocycles. The van der Waals surface area contributed by atoms with Crippen LogP contribution < -0.4 is 5.32 Å². The third-order valence-electron chi connectivity index (χ3n) is 3.41. The summed E-state index contributed by atoms with van der Waals surface area (Å²) in [6.07, 6.45) is 1.09. The SMILES string of the molecule is Cc1ccc(-n2nc(C)c3c2CNCC3)cc1. The van der Waals surface area contributed by atoms with Crippen molar-refractivity contribution in [1.29, 1.82) is 0 Å². The van der Waals surface area contributed by atoms with Crippen molar-refractivity contribution in [3.05, 3.63) is 46.8 Å². The van der Waals surface area contributed by atoms with Crippen LogP contribution in [0, 0.1) is 13.8 Å². The van der Waals surface area contributed by atoms with Crippen molar-refractivity contribution in [2.24, 2.45) is 0 Å². The molecule has 1 aromatic heterocycles. The van der Waals surface area contributed by atoms with Crippen LogP contribution >= 0.6 is 0 Å². The van der Waals surface area contributed by atoms with E-state index in [4.69, 9.17) is 0 Å². The second-order valence-electron chi connectivity index (χ2n) is 4.68. The van der Waals surface area contributed by atoms with Crippen molar-refractivity contribution >= 4 is 0 Å². The Morgan fingerprint density at radius 1 is 1.18 bits per heavy atom. The van der Waals surface area contributed by atoms with Gasteiger partial charge in [0.1, 0.15) is 0 Å². The van der Waals surface area contributed by atoms with E-state index in [1.54, 1.807) is 0 Å². The van der Waals surface area contributed by atoms with Crippen LogP contribution in [0.4, 0.5) is 0 Å². The molecule has 1 N–H and O–H groups in total. The monoisotopic (exact) mass is 227 g/mol. The summed E-state index contributed by atoms with van der Waals surface area (Å²) in [5.74, 6) is 0. The number of benzene rings is 1. The number of aromatic nitrogens is 2. The van der Waals surface area contributed by atoms with Crippen LogP contribution in [-0.2, 0) is 13.0 Å². The Bertz CT molecular complexity index is 537. The maximum atomic E-state index is 4.67. The Kier molecular flexibility index (Phi) is 2.48. The van der Waals surface area contributed by atoms with E-state index in [-0.39, 0.29) is 0 Å². The average Bonchev–Trinajstić information content (AvgIpc) is 2.69. The Hall–Kier alpha value is -1.61. The van der Waals surface area contributed by atoms with E-state index in [0.29, 0.717) is 0 Å². The van der Waals surface area contributed by atoms with Gasteiger partial charge >= 0.3 is 0 Å². The first kappa shape index (κ1) is 10.5. The first-order valence-corrected chi connectivity index (χ1v) is 6.11. The van der Waals surface area contributed by atoms with Gasteiger partial charge in [0.05, 0.1) is 17.1 Å².